The van der Waals surface area contributed by atoms with Gasteiger partial charge in [0.05, 0.1) is 27.4 Å². The molecule has 0 aliphatic carbocycles. The minimum absolute atomic E-state index is 0.00568. The molecule has 5 atom stereocenters. The number of benzene rings is 2. The van der Waals surface area contributed by atoms with E-state index in [1.54, 1.807) is 14.2 Å². The third kappa shape index (κ3) is 5.75. The molecule has 0 bridgehead atoms. The zero-order valence-corrected chi connectivity index (χ0v) is 24.0. The first-order chi connectivity index (χ1) is 18.4. The molecular formula is C31H46N2O5. The van der Waals surface area contributed by atoms with Crippen molar-refractivity contribution in [2.45, 2.75) is 77.2 Å². The minimum atomic E-state index is -0.00568. The number of hydrogen-bond donors (Lipinski definition) is 1. The van der Waals surface area contributed by atoms with Gasteiger partial charge < -0.3 is 33.9 Å². The van der Waals surface area contributed by atoms with E-state index in [-0.39, 0.29) is 12.9 Å². The Bertz CT molecular complexity index is 1040. The van der Waals surface area contributed by atoms with Crippen molar-refractivity contribution < 1.29 is 24.1 Å². The molecule has 5 rings (SSSR count). The molecule has 0 saturated carbocycles. The molecule has 7 heteroatoms. The normalized spacial score (nSPS) is 25.9. The first-order valence-electron chi connectivity index (χ1n) is 14.1. The first-order valence-corrected chi connectivity index (χ1v) is 14.1. The summed E-state index contributed by atoms with van der Waals surface area (Å²) in [5.41, 5.74) is 5.08. The van der Waals surface area contributed by atoms with E-state index in [0.29, 0.717) is 37.1 Å². The number of aliphatic hydroxyl groups excluding tert-OH is 1. The summed E-state index contributed by atoms with van der Waals surface area (Å²) in [4.78, 5) is 4.69. The van der Waals surface area contributed by atoms with Crippen molar-refractivity contribution in [3.05, 3.63) is 47.5 Å². The monoisotopic (exact) mass is 526 g/mol. The van der Waals surface area contributed by atoms with Crippen LogP contribution in [0, 0.1) is 0 Å². The number of rotatable bonds is 8. The Kier molecular flexibility index (Phi) is 9.80. The van der Waals surface area contributed by atoms with Crippen LogP contribution in [0.2, 0.25) is 0 Å². The van der Waals surface area contributed by atoms with E-state index in [2.05, 4.69) is 61.8 Å². The van der Waals surface area contributed by atoms with Gasteiger partial charge in [-0.05, 0) is 57.4 Å². The number of nitrogens with zero attached hydrogens (tertiary/aromatic N) is 2. The molecule has 0 amide bonds. The smallest absolute Gasteiger partial charge is 0.157 e. The van der Waals surface area contributed by atoms with Crippen LogP contribution in [0.25, 0.3) is 0 Å². The maximum atomic E-state index is 9.11. The molecule has 0 radical (unpaired) electrons. The van der Waals surface area contributed by atoms with Crippen LogP contribution < -0.4 is 19.3 Å². The van der Waals surface area contributed by atoms with Crippen molar-refractivity contribution in [2.75, 3.05) is 56.9 Å². The Morgan fingerprint density at radius 3 is 1.84 bits per heavy atom. The highest BCUT2D eigenvalue weighted by molar-refractivity contribution is 5.67. The van der Waals surface area contributed by atoms with Crippen LogP contribution in [-0.4, -0.2) is 70.6 Å². The van der Waals surface area contributed by atoms with Gasteiger partial charge in [-0.2, -0.15) is 0 Å². The van der Waals surface area contributed by atoms with Crippen molar-refractivity contribution in [1.29, 1.82) is 0 Å². The molecule has 3 aliphatic heterocycles. The van der Waals surface area contributed by atoms with Gasteiger partial charge in [0.15, 0.2) is 6.29 Å². The Morgan fingerprint density at radius 2 is 1.37 bits per heavy atom. The minimum Gasteiger partial charge on any atom is -0.496 e. The Labute approximate surface area is 228 Å². The molecule has 1 saturated heterocycles. The first kappa shape index (κ1) is 28.5. The molecule has 0 spiro atoms. The fraction of sp³-hybridized carbons (Fsp3) is 0.613. The third-order valence-corrected chi connectivity index (χ3v) is 8.60. The van der Waals surface area contributed by atoms with Gasteiger partial charge >= 0.3 is 0 Å². The lowest BCUT2D eigenvalue weighted by Gasteiger charge is -2.28. The number of β-amino-alcohol motifs (C(OH)–C–C–N with tert-alkyl or cyclic N) is 1. The SMILES string of the molecule is COc1cccc2c1C(C)C(C)N2CCO.COc1cccc2c1C(C)C(C)N2CCOC1CCCCO1. The Balaban J connectivity index is 0.000000186. The number of methoxy groups -OCH3 is 2. The Morgan fingerprint density at radius 1 is 0.816 bits per heavy atom. The third-order valence-electron chi connectivity index (χ3n) is 8.60. The van der Waals surface area contributed by atoms with Crippen molar-refractivity contribution >= 4 is 11.4 Å². The molecule has 2 aromatic carbocycles. The van der Waals surface area contributed by atoms with Gasteiger partial charge in [-0.3, -0.25) is 0 Å². The molecule has 3 aliphatic rings. The lowest BCUT2D eigenvalue weighted by molar-refractivity contribution is -0.160. The van der Waals surface area contributed by atoms with E-state index in [1.165, 1.54) is 28.9 Å². The number of anilines is 2. The highest BCUT2D eigenvalue weighted by atomic mass is 16.7. The summed E-state index contributed by atoms with van der Waals surface area (Å²) < 4.78 is 22.5. The highest BCUT2D eigenvalue weighted by Crippen LogP contribution is 2.46. The molecular weight excluding hydrogens is 480 g/mol. The molecule has 38 heavy (non-hydrogen) atoms. The van der Waals surface area contributed by atoms with Crippen LogP contribution in [0.3, 0.4) is 0 Å². The topological polar surface area (TPSA) is 63.6 Å². The van der Waals surface area contributed by atoms with Gasteiger partial charge in [-0.1, -0.05) is 26.0 Å². The van der Waals surface area contributed by atoms with Crippen LogP contribution in [-0.2, 0) is 9.47 Å². The molecule has 1 N–H and O–H groups in total. The maximum Gasteiger partial charge on any atom is 0.157 e. The summed E-state index contributed by atoms with van der Waals surface area (Å²) in [6.07, 6.45) is 3.39. The zero-order valence-electron chi connectivity index (χ0n) is 24.0. The summed E-state index contributed by atoms with van der Waals surface area (Å²) in [5.74, 6) is 2.86. The fourth-order valence-electron chi connectivity index (χ4n) is 6.18. The molecule has 7 nitrogen and oxygen atoms in total. The maximum absolute atomic E-state index is 9.11. The molecule has 3 heterocycles. The molecule has 2 aromatic rings. The summed E-state index contributed by atoms with van der Waals surface area (Å²) in [7, 11) is 3.46. The zero-order chi connectivity index (χ0) is 27.2. The lowest BCUT2D eigenvalue weighted by atomic mass is 9.97. The molecule has 0 aromatic heterocycles. The average Bonchev–Trinajstić information content (AvgIpc) is 3.34. The number of aliphatic hydroxyl groups is 1. The number of hydrogen-bond acceptors (Lipinski definition) is 7. The number of fused-ring (bicyclic) bond motifs is 2. The van der Waals surface area contributed by atoms with E-state index < -0.39 is 0 Å². The molecule has 210 valence electrons. The largest absolute Gasteiger partial charge is 0.496 e. The van der Waals surface area contributed by atoms with Gasteiger partial charge in [-0.25, -0.2) is 0 Å². The summed E-state index contributed by atoms with van der Waals surface area (Å²) in [5, 5.41) is 9.11. The average molecular weight is 527 g/mol. The Hall–Kier alpha value is -2.48. The van der Waals surface area contributed by atoms with E-state index in [4.69, 9.17) is 24.1 Å². The van der Waals surface area contributed by atoms with Crippen LogP contribution in [0.5, 0.6) is 11.5 Å². The quantitative estimate of drug-likeness (QED) is 0.484. The van der Waals surface area contributed by atoms with Crippen LogP contribution in [0.1, 0.15) is 69.9 Å². The standard InChI is InChI=1S/C18H27NO3.C13H19NO2/c1-13-14(2)19(10-12-22-17-9-4-5-11-21-17)15-7-6-8-16(20-3)18(13)15;1-9-10(2)14(7-8-15)11-5-4-6-12(16-3)13(9)11/h6-8,13-14,17H,4-5,9-12H2,1-3H3;4-6,9-10,15H,7-8H2,1-3H3. The fourth-order valence-corrected chi connectivity index (χ4v) is 6.18. The van der Waals surface area contributed by atoms with E-state index in [0.717, 1.165) is 37.5 Å². The van der Waals surface area contributed by atoms with E-state index in [9.17, 15) is 0 Å². The highest BCUT2D eigenvalue weighted by Gasteiger charge is 2.35. The van der Waals surface area contributed by atoms with Crippen LogP contribution in [0.4, 0.5) is 11.4 Å². The van der Waals surface area contributed by atoms with Crippen molar-refractivity contribution in [3.63, 3.8) is 0 Å². The predicted octanol–water partition coefficient (Wildman–Crippen LogP) is 5.55. The predicted molar refractivity (Wildman–Crippen MR) is 153 cm³/mol. The van der Waals surface area contributed by atoms with Gasteiger partial charge in [0.2, 0.25) is 0 Å². The van der Waals surface area contributed by atoms with Gasteiger partial charge in [0, 0.05) is 66.1 Å². The molecule has 5 unspecified atom stereocenters. The number of ether oxygens (including phenoxy) is 4. The van der Waals surface area contributed by atoms with Gasteiger partial charge in [-0.15, -0.1) is 0 Å². The summed E-state index contributed by atoms with van der Waals surface area (Å²) in [6.45, 7) is 12.3. The molecule has 1 fully saturated rings. The van der Waals surface area contributed by atoms with E-state index in [1.807, 2.05) is 12.1 Å². The van der Waals surface area contributed by atoms with Gasteiger partial charge in [0.25, 0.3) is 0 Å². The van der Waals surface area contributed by atoms with Crippen LogP contribution in [0.15, 0.2) is 36.4 Å². The van der Waals surface area contributed by atoms with Crippen molar-refractivity contribution in [3.8, 4) is 11.5 Å². The van der Waals surface area contributed by atoms with Gasteiger partial charge in [0.1, 0.15) is 11.5 Å². The summed E-state index contributed by atoms with van der Waals surface area (Å²) in [6, 6.07) is 13.3. The van der Waals surface area contributed by atoms with Crippen LogP contribution >= 0.6 is 0 Å². The lowest BCUT2D eigenvalue weighted by Crippen LogP contribution is -2.35. The second-order valence-corrected chi connectivity index (χ2v) is 10.6. The second kappa shape index (κ2) is 13.0. The summed E-state index contributed by atoms with van der Waals surface area (Å²) >= 11 is 0. The van der Waals surface area contributed by atoms with E-state index >= 15 is 0 Å². The second-order valence-electron chi connectivity index (χ2n) is 10.6. The van der Waals surface area contributed by atoms with Crippen molar-refractivity contribution in [2.24, 2.45) is 0 Å². The van der Waals surface area contributed by atoms with Crippen molar-refractivity contribution in [1.82, 2.24) is 0 Å².